The number of anilines is 1. The number of rotatable bonds is 5. The van der Waals surface area contributed by atoms with Crippen molar-refractivity contribution >= 4 is 5.69 Å². The van der Waals surface area contributed by atoms with Crippen molar-refractivity contribution in [3.63, 3.8) is 0 Å². The molecule has 0 spiro atoms. The smallest absolute Gasteiger partial charge is 0.146 e. The van der Waals surface area contributed by atoms with E-state index in [2.05, 4.69) is 0 Å². The lowest BCUT2D eigenvalue weighted by molar-refractivity contribution is 0.118. The topological polar surface area (TPSA) is 38.5 Å². The average Bonchev–Trinajstić information content (AvgIpc) is 2.84. The van der Waals surface area contributed by atoms with Crippen LogP contribution in [0.4, 0.5) is 10.1 Å². The Hall–Kier alpha value is -1.13. The molecular weight excluding hydrogens is 255 g/mol. The summed E-state index contributed by atoms with van der Waals surface area (Å²) in [5.74, 6) is -0.174. The van der Waals surface area contributed by atoms with E-state index in [1.165, 1.54) is 0 Å². The number of nitrogens with zero attached hydrogens (tertiary/aromatic N) is 1. The quantitative estimate of drug-likeness (QED) is 0.901. The third-order valence-electron chi connectivity index (χ3n) is 4.25. The van der Waals surface area contributed by atoms with Crippen LogP contribution in [0.15, 0.2) is 18.2 Å². The maximum Gasteiger partial charge on any atom is 0.146 e. The predicted molar refractivity (Wildman–Crippen MR) is 80.6 cm³/mol. The second kappa shape index (κ2) is 6.55. The van der Waals surface area contributed by atoms with E-state index in [-0.39, 0.29) is 24.0 Å². The van der Waals surface area contributed by atoms with Crippen LogP contribution in [0.2, 0.25) is 0 Å². The summed E-state index contributed by atoms with van der Waals surface area (Å²) in [6, 6.07) is 5.79. The first-order valence-electron chi connectivity index (χ1n) is 7.41. The highest BCUT2D eigenvalue weighted by molar-refractivity contribution is 5.50. The first-order valence-corrected chi connectivity index (χ1v) is 7.41. The Kier molecular flexibility index (Phi) is 5.00. The van der Waals surface area contributed by atoms with Crippen LogP contribution in [0.3, 0.4) is 0 Å². The number of hydrogen-bond donors (Lipinski definition) is 1. The zero-order valence-electron chi connectivity index (χ0n) is 12.6. The van der Waals surface area contributed by atoms with Crippen LogP contribution in [-0.2, 0) is 11.2 Å². The van der Waals surface area contributed by atoms with Crippen molar-refractivity contribution in [3.8, 4) is 0 Å². The molecule has 0 amide bonds. The highest BCUT2D eigenvalue weighted by atomic mass is 19.1. The predicted octanol–water partition coefficient (Wildman–Crippen LogP) is 2.72. The second-order valence-electron chi connectivity index (χ2n) is 5.70. The Bertz CT molecular complexity index is 452. The molecule has 3 nitrogen and oxygen atoms in total. The van der Waals surface area contributed by atoms with Crippen LogP contribution >= 0.6 is 0 Å². The van der Waals surface area contributed by atoms with Crippen molar-refractivity contribution < 1.29 is 9.13 Å². The van der Waals surface area contributed by atoms with Crippen LogP contribution in [0.1, 0.15) is 32.3 Å². The Morgan fingerprint density at radius 2 is 2.25 bits per heavy atom. The fourth-order valence-electron chi connectivity index (χ4n) is 2.82. The Morgan fingerprint density at radius 3 is 2.80 bits per heavy atom. The van der Waals surface area contributed by atoms with E-state index in [1.54, 1.807) is 6.07 Å². The normalized spacial score (nSPS) is 23.9. The third-order valence-corrected chi connectivity index (χ3v) is 4.25. The minimum Gasteiger partial charge on any atom is -0.376 e. The maximum absolute atomic E-state index is 14.3. The molecule has 0 aromatic heterocycles. The molecule has 112 valence electrons. The molecule has 1 aliphatic rings. The van der Waals surface area contributed by atoms with Gasteiger partial charge in [-0.05, 0) is 43.9 Å². The summed E-state index contributed by atoms with van der Waals surface area (Å²) in [5, 5.41) is 0. The van der Waals surface area contributed by atoms with Gasteiger partial charge in [-0.15, -0.1) is 0 Å². The molecule has 1 heterocycles. The van der Waals surface area contributed by atoms with Gasteiger partial charge in [0, 0.05) is 19.7 Å². The van der Waals surface area contributed by atoms with Crippen LogP contribution in [-0.4, -0.2) is 31.8 Å². The number of nitrogens with two attached hydrogens (primary N) is 1. The van der Waals surface area contributed by atoms with Crippen LogP contribution in [0.5, 0.6) is 0 Å². The van der Waals surface area contributed by atoms with E-state index in [4.69, 9.17) is 10.5 Å². The van der Waals surface area contributed by atoms with E-state index in [9.17, 15) is 4.39 Å². The molecule has 0 radical (unpaired) electrons. The average molecular weight is 280 g/mol. The molecule has 0 aliphatic carbocycles. The van der Waals surface area contributed by atoms with Crippen molar-refractivity contribution in [2.75, 3.05) is 18.6 Å². The largest absolute Gasteiger partial charge is 0.376 e. The standard InChI is InChI=1S/C16H25FN2O/c1-4-13(18)9-12-5-6-16(14(17)10-12)19(3)15-7-8-20-11(15)2/h5-6,10-11,13,15H,4,7-9,18H2,1-3H3. The lowest BCUT2D eigenvalue weighted by Crippen LogP contribution is -2.37. The van der Waals surface area contributed by atoms with Crippen molar-refractivity contribution in [2.24, 2.45) is 5.73 Å². The van der Waals surface area contributed by atoms with Crippen LogP contribution in [0, 0.1) is 5.82 Å². The fraction of sp³-hybridized carbons (Fsp3) is 0.625. The molecule has 0 bridgehead atoms. The zero-order chi connectivity index (χ0) is 14.7. The van der Waals surface area contributed by atoms with Gasteiger partial charge in [0.25, 0.3) is 0 Å². The molecule has 0 saturated carbocycles. The van der Waals surface area contributed by atoms with Gasteiger partial charge in [-0.25, -0.2) is 4.39 Å². The summed E-state index contributed by atoms with van der Waals surface area (Å²) in [5.41, 5.74) is 7.52. The molecule has 1 saturated heterocycles. The van der Waals surface area contributed by atoms with Gasteiger partial charge in [-0.2, -0.15) is 0 Å². The van der Waals surface area contributed by atoms with E-state index in [0.717, 1.165) is 31.4 Å². The summed E-state index contributed by atoms with van der Waals surface area (Å²) < 4.78 is 19.9. The molecule has 1 aromatic carbocycles. The number of halogens is 1. The number of hydrogen-bond acceptors (Lipinski definition) is 3. The van der Waals surface area contributed by atoms with Gasteiger partial charge in [0.2, 0.25) is 0 Å². The molecule has 2 N–H and O–H groups in total. The van der Waals surface area contributed by atoms with Crippen LogP contribution in [0.25, 0.3) is 0 Å². The molecule has 3 atom stereocenters. The minimum atomic E-state index is -0.174. The first kappa shape index (κ1) is 15.3. The van der Waals surface area contributed by atoms with Crippen molar-refractivity contribution in [3.05, 3.63) is 29.6 Å². The molecular formula is C16H25FN2O. The van der Waals surface area contributed by atoms with Gasteiger partial charge in [-0.3, -0.25) is 0 Å². The molecule has 3 unspecified atom stereocenters. The maximum atomic E-state index is 14.3. The molecule has 2 rings (SSSR count). The molecule has 1 aliphatic heterocycles. The van der Waals surface area contributed by atoms with Gasteiger partial charge in [0.1, 0.15) is 5.82 Å². The molecule has 1 aromatic rings. The fourth-order valence-corrected chi connectivity index (χ4v) is 2.82. The first-order chi connectivity index (χ1) is 9.52. The summed E-state index contributed by atoms with van der Waals surface area (Å²) in [7, 11) is 1.94. The van der Waals surface area contributed by atoms with E-state index < -0.39 is 0 Å². The number of benzene rings is 1. The van der Waals surface area contributed by atoms with Gasteiger partial charge in [0.15, 0.2) is 0 Å². The Morgan fingerprint density at radius 1 is 1.50 bits per heavy atom. The highest BCUT2D eigenvalue weighted by Gasteiger charge is 2.29. The zero-order valence-corrected chi connectivity index (χ0v) is 12.6. The molecule has 1 fully saturated rings. The lowest BCUT2D eigenvalue weighted by Gasteiger charge is -2.29. The van der Waals surface area contributed by atoms with Gasteiger partial charge < -0.3 is 15.4 Å². The Balaban J connectivity index is 2.12. The number of likely N-dealkylation sites (N-methyl/N-ethyl adjacent to an activating group) is 1. The van der Waals surface area contributed by atoms with Crippen LogP contribution < -0.4 is 10.6 Å². The van der Waals surface area contributed by atoms with Crippen molar-refractivity contribution in [2.45, 2.75) is 51.3 Å². The molecule has 20 heavy (non-hydrogen) atoms. The second-order valence-corrected chi connectivity index (χ2v) is 5.70. The third kappa shape index (κ3) is 3.30. The Labute approximate surface area is 120 Å². The van der Waals surface area contributed by atoms with E-state index in [0.29, 0.717) is 5.69 Å². The van der Waals surface area contributed by atoms with Crippen molar-refractivity contribution in [1.29, 1.82) is 0 Å². The number of ether oxygens (including phenoxy) is 1. The lowest BCUT2D eigenvalue weighted by atomic mass is 10.0. The van der Waals surface area contributed by atoms with Gasteiger partial charge in [0.05, 0.1) is 17.8 Å². The summed E-state index contributed by atoms with van der Waals surface area (Å²) in [4.78, 5) is 2.00. The summed E-state index contributed by atoms with van der Waals surface area (Å²) in [6.07, 6.45) is 2.72. The van der Waals surface area contributed by atoms with E-state index in [1.807, 2.05) is 37.9 Å². The minimum absolute atomic E-state index is 0.0984. The highest BCUT2D eigenvalue weighted by Crippen LogP contribution is 2.27. The van der Waals surface area contributed by atoms with Gasteiger partial charge in [-0.1, -0.05) is 13.0 Å². The van der Waals surface area contributed by atoms with Gasteiger partial charge >= 0.3 is 0 Å². The summed E-state index contributed by atoms with van der Waals surface area (Å²) >= 11 is 0. The monoisotopic (exact) mass is 280 g/mol. The van der Waals surface area contributed by atoms with E-state index >= 15 is 0 Å². The SMILES string of the molecule is CCC(N)Cc1ccc(N(C)C2CCOC2C)c(F)c1. The molecule has 4 heteroatoms. The summed E-state index contributed by atoms with van der Waals surface area (Å²) in [6.45, 7) is 4.84. The van der Waals surface area contributed by atoms with Crippen molar-refractivity contribution in [1.82, 2.24) is 0 Å².